The monoisotopic (exact) mass is 294 g/mol. The van der Waals surface area contributed by atoms with Gasteiger partial charge in [0.15, 0.2) is 5.37 Å². The van der Waals surface area contributed by atoms with E-state index in [0.29, 0.717) is 18.7 Å². The molecule has 0 radical (unpaired) electrons. The quantitative estimate of drug-likeness (QED) is 0.866. The summed E-state index contributed by atoms with van der Waals surface area (Å²) in [6, 6.07) is 6.29. The number of hydrogen-bond acceptors (Lipinski definition) is 5. The summed E-state index contributed by atoms with van der Waals surface area (Å²) in [5, 5.41) is 10.8. The summed E-state index contributed by atoms with van der Waals surface area (Å²) in [4.78, 5) is 36.1. The maximum absolute atomic E-state index is 12.1. The molecule has 0 bridgehead atoms. The first-order valence-corrected chi connectivity index (χ1v) is 7.03. The van der Waals surface area contributed by atoms with Gasteiger partial charge in [0.2, 0.25) is 0 Å². The van der Waals surface area contributed by atoms with Gasteiger partial charge >= 0.3 is 5.97 Å². The molecule has 2 rings (SSSR count). The Bertz CT molecular complexity index is 561. The van der Waals surface area contributed by atoms with Crippen molar-refractivity contribution in [1.29, 1.82) is 0 Å². The number of amides is 2. The molecule has 0 saturated carbocycles. The van der Waals surface area contributed by atoms with Gasteiger partial charge in [0.1, 0.15) is 0 Å². The van der Waals surface area contributed by atoms with Crippen LogP contribution in [0.15, 0.2) is 24.3 Å². The van der Waals surface area contributed by atoms with Crippen molar-refractivity contribution in [2.45, 2.75) is 18.7 Å². The van der Waals surface area contributed by atoms with Crippen molar-refractivity contribution in [3.63, 3.8) is 0 Å². The summed E-state index contributed by atoms with van der Waals surface area (Å²) >= 11 is 0.870. The van der Waals surface area contributed by atoms with Crippen LogP contribution in [-0.4, -0.2) is 39.0 Å². The van der Waals surface area contributed by atoms with E-state index in [2.05, 4.69) is 5.32 Å². The summed E-state index contributed by atoms with van der Waals surface area (Å²) in [6.07, 6.45) is 0.691. The first-order valence-electron chi connectivity index (χ1n) is 6.15. The lowest BCUT2D eigenvalue weighted by atomic mass is 10.2. The third kappa shape index (κ3) is 2.77. The Morgan fingerprint density at radius 1 is 1.40 bits per heavy atom. The molecule has 0 spiro atoms. The number of benzene rings is 1. The Morgan fingerprint density at radius 2 is 2.10 bits per heavy atom. The fourth-order valence-electron chi connectivity index (χ4n) is 1.90. The van der Waals surface area contributed by atoms with Crippen LogP contribution < -0.4 is 5.32 Å². The maximum atomic E-state index is 12.1. The van der Waals surface area contributed by atoms with E-state index in [1.165, 1.54) is 11.0 Å². The maximum Gasteiger partial charge on any atom is 0.337 e. The molecule has 1 heterocycles. The highest BCUT2D eigenvalue weighted by molar-refractivity contribution is 8.15. The number of nitrogens with zero attached hydrogens (tertiary/aromatic N) is 1. The van der Waals surface area contributed by atoms with Crippen molar-refractivity contribution in [3.8, 4) is 0 Å². The molecule has 2 amide bonds. The van der Waals surface area contributed by atoms with Crippen molar-refractivity contribution >= 4 is 34.6 Å². The average Bonchev–Trinajstić information content (AvgIpc) is 2.67. The van der Waals surface area contributed by atoms with Crippen molar-refractivity contribution < 1.29 is 19.5 Å². The lowest BCUT2D eigenvalue weighted by molar-refractivity contribution is -0.126. The number of aromatic carboxylic acids is 1. The highest BCUT2D eigenvalue weighted by Crippen LogP contribution is 2.29. The second-order valence-corrected chi connectivity index (χ2v) is 5.31. The number of para-hydroxylation sites is 1. The lowest BCUT2D eigenvalue weighted by Crippen LogP contribution is -2.35. The highest BCUT2D eigenvalue weighted by Gasteiger charge is 2.39. The van der Waals surface area contributed by atoms with E-state index in [0.717, 1.165) is 11.8 Å². The molecular weight excluding hydrogens is 280 g/mol. The van der Waals surface area contributed by atoms with Gasteiger partial charge in [-0.2, -0.15) is 0 Å². The summed E-state index contributed by atoms with van der Waals surface area (Å²) in [7, 11) is 0. The summed E-state index contributed by atoms with van der Waals surface area (Å²) in [6.45, 7) is 2.26. The van der Waals surface area contributed by atoms with Gasteiger partial charge in [0.25, 0.3) is 11.1 Å². The van der Waals surface area contributed by atoms with Gasteiger partial charge in [0, 0.05) is 12.2 Å². The number of anilines is 1. The van der Waals surface area contributed by atoms with Crippen LogP contribution in [0.5, 0.6) is 0 Å². The van der Waals surface area contributed by atoms with Crippen molar-refractivity contribution in [1.82, 2.24) is 4.90 Å². The second kappa shape index (κ2) is 5.96. The molecule has 20 heavy (non-hydrogen) atoms. The Balaban J connectivity index is 2.18. The standard InChI is InChI=1S/C13H14N2O4S/c1-2-7-15-11(16)10(20-13(15)19)14-9-6-4-3-5-8(9)12(17)18/h3-6,10,14H,2,7H2,1H3,(H,17,18)/t10-/m0/s1. The van der Waals surface area contributed by atoms with Crippen LogP contribution in [0.25, 0.3) is 0 Å². The first-order chi connectivity index (χ1) is 9.54. The minimum Gasteiger partial charge on any atom is -0.478 e. The van der Waals surface area contributed by atoms with Crippen LogP contribution in [0.4, 0.5) is 10.5 Å². The average molecular weight is 294 g/mol. The van der Waals surface area contributed by atoms with E-state index >= 15 is 0 Å². The first kappa shape index (κ1) is 14.4. The van der Waals surface area contributed by atoms with E-state index in [4.69, 9.17) is 5.11 Å². The minimum absolute atomic E-state index is 0.0716. The van der Waals surface area contributed by atoms with E-state index < -0.39 is 11.3 Å². The third-order valence-corrected chi connectivity index (χ3v) is 3.80. The number of carboxylic acids is 1. The zero-order valence-electron chi connectivity index (χ0n) is 10.8. The fourth-order valence-corrected chi connectivity index (χ4v) is 2.82. The summed E-state index contributed by atoms with van der Waals surface area (Å²) < 4.78 is 0. The molecule has 1 saturated heterocycles. The lowest BCUT2D eigenvalue weighted by Gasteiger charge is -2.15. The molecule has 0 aliphatic carbocycles. The van der Waals surface area contributed by atoms with Crippen molar-refractivity contribution in [3.05, 3.63) is 29.8 Å². The summed E-state index contributed by atoms with van der Waals surface area (Å²) in [5.74, 6) is -1.41. The van der Waals surface area contributed by atoms with Crippen molar-refractivity contribution in [2.75, 3.05) is 11.9 Å². The molecule has 2 N–H and O–H groups in total. The normalized spacial score (nSPS) is 18.4. The molecule has 7 heteroatoms. The number of rotatable bonds is 5. The smallest absolute Gasteiger partial charge is 0.337 e. The molecular formula is C13H14N2O4S. The topological polar surface area (TPSA) is 86.7 Å². The molecule has 1 aromatic carbocycles. The third-order valence-electron chi connectivity index (χ3n) is 2.82. The van der Waals surface area contributed by atoms with E-state index in [-0.39, 0.29) is 16.7 Å². The fraction of sp³-hybridized carbons (Fsp3) is 0.308. The Morgan fingerprint density at radius 3 is 2.75 bits per heavy atom. The molecule has 0 unspecified atom stereocenters. The van der Waals surface area contributed by atoms with Crippen LogP contribution in [-0.2, 0) is 4.79 Å². The van der Waals surface area contributed by atoms with Gasteiger partial charge in [-0.15, -0.1) is 0 Å². The summed E-state index contributed by atoms with van der Waals surface area (Å²) in [5.41, 5.74) is 0.402. The van der Waals surface area contributed by atoms with Crippen LogP contribution in [0.2, 0.25) is 0 Å². The molecule has 106 valence electrons. The van der Waals surface area contributed by atoms with Gasteiger partial charge < -0.3 is 10.4 Å². The minimum atomic E-state index is -1.08. The Labute approximate surface area is 120 Å². The van der Waals surface area contributed by atoms with Crippen LogP contribution >= 0.6 is 11.8 Å². The van der Waals surface area contributed by atoms with Crippen molar-refractivity contribution in [2.24, 2.45) is 0 Å². The molecule has 1 aliphatic rings. The van der Waals surface area contributed by atoms with E-state index in [1.807, 2.05) is 6.92 Å². The molecule has 6 nitrogen and oxygen atoms in total. The number of hydrogen-bond donors (Lipinski definition) is 2. The predicted molar refractivity (Wildman–Crippen MR) is 75.8 cm³/mol. The Kier molecular flexibility index (Phi) is 4.29. The number of carbonyl (C=O) groups excluding carboxylic acids is 2. The van der Waals surface area contributed by atoms with Crippen LogP contribution in [0.3, 0.4) is 0 Å². The van der Waals surface area contributed by atoms with Gasteiger partial charge in [-0.25, -0.2) is 4.79 Å². The highest BCUT2D eigenvalue weighted by atomic mass is 32.2. The second-order valence-electron chi connectivity index (χ2n) is 4.25. The van der Waals surface area contributed by atoms with Crippen LogP contribution in [0.1, 0.15) is 23.7 Å². The van der Waals surface area contributed by atoms with Gasteiger partial charge in [0.05, 0.1) is 5.56 Å². The Hall–Kier alpha value is -2.02. The molecule has 1 fully saturated rings. The molecule has 1 atom stereocenters. The number of carbonyl (C=O) groups is 3. The van der Waals surface area contributed by atoms with Crippen LogP contribution in [0, 0.1) is 0 Å². The van der Waals surface area contributed by atoms with Gasteiger partial charge in [-0.05, 0) is 30.3 Å². The molecule has 1 aliphatic heterocycles. The van der Waals surface area contributed by atoms with E-state index in [9.17, 15) is 14.4 Å². The zero-order valence-corrected chi connectivity index (χ0v) is 11.6. The zero-order chi connectivity index (χ0) is 14.7. The SMILES string of the molecule is CCCN1C(=O)S[C@H](Nc2ccccc2C(=O)O)C1=O. The van der Waals surface area contributed by atoms with Gasteiger partial charge in [-0.3, -0.25) is 14.5 Å². The number of carboxylic acid groups (broad SMARTS) is 1. The predicted octanol–water partition coefficient (Wildman–Crippen LogP) is 2.23. The molecule has 1 aromatic rings. The largest absolute Gasteiger partial charge is 0.478 e. The van der Waals surface area contributed by atoms with Gasteiger partial charge in [-0.1, -0.05) is 19.1 Å². The molecule has 0 aromatic heterocycles. The number of imide groups is 1. The number of thioether (sulfide) groups is 1. The van der Waals surface area contributed by atoms with E-state index in [1.54, 1.807) is 18.2 Å². The number of nitrogens with one attached hydrogen (secondary N) is 1.